The molecule has 0 saturated carbocycles. The van der Waals surface area contributed by atoms with Crippen molar-refractivity contribution in [3.63, 3.8) is 0 Å². The van der Waals surface area contributed by atoms with Crippen molar-refractivity contribution in [2.45, 2.75) is 6.35 Å². The van der Waals surface area contributed by atoms with Crippen molar-refractivity contribution in [3.05, 3.63) is 10.5 Å². The fourth-order valence-electron chi connectivity index (χ4n) is 1.04. The summed E-state index contributed by atoms with van der Waals surface area (Å²) in [6.45, 7) is 0. The molecule has 7 heteroatoms. The summed E-state index contributed by atoms with van der Waals surface area (Å²) >= 11 is 4.83. The molecule has 6 nitrogen and oxygen atoms in total. The molecule has 1 aliphatic heterocycles. The smallest absolute Gasteiger partial charge is 0.226 e. The van der Waals surface area contributed by atoms with E-state index in [1.54, 1.807) is 0 Å². The van der Waals surface area contributed by atoms with Gasteiger partial charge >= 0.3 is 0 Å². The Bertz CT molecular complexity index is 391. The SMILES string of the molecule is NC1=NC(O)Nc2[nH]c(=S)[nH]c21. The Morgan fingerprint density at radius 2 is 2.25 bits per heavy atom. The Morgan fingerprint density at radius 3 is 3.00 bits per heavy atom. The predicted octanol–water partition coefficient (Wildman–Crippen LogP) is -0.521. The van der Waals surface area contributed by atoms with Crippen LogP contribution in [0.3, 0.4) is 0 Å². The zero-order valence-corrected chi connectivity index (χ0v) is 6.77. The first-order chi connectivity index (χ1) is 5.66. The molecular weight excluding hydrogens is 178 g/mol. The molecule has 2 heterocycles. The van der Waals surface area contributed by atoms with Crippen LogP contribution in [0.5, 0.6) is 0 Å². The first kappa shape index (κ1) is 7.32. The topological polar surface area (TPSA) is 102 Å². The lowest BCUT2D eigenvalue weighted by molar-refractivity contribution is 0.212. The van der Waals surface area contributed by atoms with Crippen LogP contribution in [-0.4, -0.2) is 27.3 Å². The van der Waals surface area contributed by atoms with Crippen molar-refractivity contribution in [2.24, 2.45) is 10.7 Å². The Kier molecular flexibility index (Phi) is 1.42. The van der Waals surface area contributed by atoms with Gasteiger partial charge in [-0.05, 0) is 12.2 Å². The number of nitrogens with two attached hydrogens (primary N) is 1. The zero-order valence-electron chi connectivity index (χ0n) is 5.96. The standard InChI is InChI=1S/C5H7N5OS/c6-2-1-3(9-4(11)8-2)10-5(12)7-1/h4,9,11H,(H2,6,8)(H2,7,10,12). The molecule has 0 aliphatic carbocycles. The molecule has 64 valence electrons. The number of anilines is 1. The van der Waals surface area contributed by atoms with Crippen LogP contribution in [0.1, 0.15) is 5.69 Å². The number of aliphatic hydroxyl groups is 1. The highest BCUT2D eigenvalue weighted by Crippen LogP contribution is 2.15. The quantitative estimate of drug-likeness (QED) is 0.351. The van der Waals surface area contributed by atoms with Gasteiger partial charge in [-0.25, -0.2) is 4.99 Å². The van der Waals surface area contributed by atoms with E-state index in [0.717, 1.165) is 0 Å². The van der Waals surface area contributed by atoms with Crippen LogP contribution in [0.25, 0.3) is 0 Å². The predicted molar refractivity (Wildman–Crippen MR) is 46.3 cm³/mol. The molecule has 6 N–H and O–H groups in total. The number of hydrogen-bond acceptors (Lipinski definition) is 5. The maximum atomic E-state index is 9.09. The highest BCUT2D eigenvalue weighted by atomic mass is 32.1. The number of aliphatic hydroxyl groups excluding tert-OH is 1. The first-order valence-corrected chi connectivity index (χ1v) is 3.68. The molecular formula is C5H7N5OS. The molecule has 1 aromatic heterocycles. The van der Waals surface area contributed by atoms with E-state index < -0.39 is 6.35 Å². The molecule has 0 aromatic carbocycles. The monoisotopic (exact) mass is 185 g/mol. The summed E-state index contributed by atoms with van der Waals surface area (Å²) in [5, 5.41) is 11.7. The normalized spacial score (nSPS) is 21.1. The van der Waals surface area contributed by atoms with Crippen molar-refractivity contribution in [1.29, 1.82) is 0 Å². The average Bonchev–Trinajstić information content (AvgIpc) is 2.29. The molecule has 1 unspecified atom stereocenters. The number of aromatic nitrogens is 2. The van der Waals surface area contributed by atoms with Gasteiger partial charge in [-0.3, -0.25) is 0 Å². The second-order valence-corrected chi connectivity index (χ2v) is 2.77. The summed E-state index contributed by atoms with van der Waals surface area (Å²) in [6, 6.07) is 0. The molecule has 0 saturated heterocycles. The van der Waals surface area contributed by atoms with Crippen LogP contribution in [0, 0.1) is 4.77 Å². The van der Waals surface area contributed by atoms with E-state index in [4.69, 9.17) is 23.1 Å². The molecule has 0 bridgehead atoms. The van der Waals surface area contributed by atoms with Crippen molar-refractivity contribution in [2.75, 3.05) is 5.32 Å². The number of imidazole rings is 1. The van der Waals surface area contributed by atoms with Crippen molar-refractivity contribution < 1.29 is 5.11 Å². The van der Waals surface area contributed by atoms with E-state index in [0.29, 0.717) is 16.3 Å². The van der Waals surface area contributed by atoms with E-state index in [9.17, 15) is 0 Å². The maximum absolute atomic E-state index is 9.09. The van der Waals surface area contributed by atoms with E-state index in [1.807, 2.05) is 0 Å². The third-order valence-electron chi connectivity index (χ3n) is 1.52. The second-order valence-electron chi connectivity index (χ2n) is 2.36. The molecule has 1 aliphatic rings. The summed E-state index contributed by atoms with van der Waals surface area (Å²) in [5.74, 6) is 0.809. The van der Waals surface area contributed by atoms with Crippen LogP contribution < -0.4 is 11.1 Å². The third kappa shape index (κ3) is 0.990. The van der Waals surface area contributed by atoms with Gasteiger partial charge in [0.2, 0.25) is 6.35 Å². The van der Waals surface area contributed by atoms with E-state index in [-0.39, 0.29) is 5.84 Å². The first-order valence-electron chi connectivity index (χ1n) is 3.27. The Hall–Kier alpha value is -1.34. The van der Waals surface area contributed by atoms with E-state index in [1.165, 1.54) is 0 Å². The Balaban J connectivity index is 2.58. The summed E-state index contributed by atoms with van der Waals surface area (Å²) < 4.78 is 0.444. The fraction of sp³-hybridized carbons (Fsp3) is 0.200. The maximum Gasteiger partial charge on any atom is 0.226 e. The largest absolute Gasteiger partial charge is 0.382 e. The molecule has 0 radical (unpaired) electrons. The summed E-state index contributed by atoms with van der Waals surface area (Å²) in [6.07, 6.45) is -1.00. The van der Waals surface area contributed by atoms with Crippen LogP contribution in [0.4, 0.5) is 5.82 Å². The summed E-state index contributed by atoms with van der Waals surface area (Å²) in [4.78, 5) is 9.26. The van der Waals surface area contributed by atoms with Gasteiger partial charge < -0.3 is 26.1 Å². The number of aromatic amines is 2. The third-order valence-corrected chi connectivity index (χ3v) is 1.72. The number of hydrogen-bond donors (Lipinski definition) is 5. The van der Waals surface area contributed by atoms with Crippen LogP contribution in [-0.2, 0) is 0 Å². The van der Waals surface area contributed by atoms with Crippen LogP contribution in [0.15, 0.2) is 4.99 Å². The van der Waals surface area contributed by atoms with Gasteiger partial charge in [0.1, 0.15) is 11.5 Å². The van der Waals surface area contributed by atoms with Gasteiger partial charge in [-0.1, -0.05) is 0 Å². The average molecular weight is 185 g/mol. The minimum Gasteiger partial charge on any atom is -0.382 e. The van der Waals surface area contributed by atoms with Crippen molar-refractivity contribution in [3.8, 4) is 0 Å². The number of nitrogens with one attached hydrogen (secondary N) is 3. The number of rotatable bonds is 0. The van der Waals surface area contributed by atoms with Gasteiger partial charge in [0.15, 0.2) is 10.6 Å². The van der Waals surface area contributed by atoms with Crippen molar-refractivity contribution >= 4 is 23.9 Å². The lowest BCUT2D eigenvalue weighted by atomic mass is 10.3. The van der Waals surface area contributed by atoms with Gasteiger partial charge in [-0.2, -0.15) is 0 Å². The summed E-state index contributed by atoms with van der Waals surface area (Å²) in [7, 11) is 0. The highest BCUT2D eigenvalue weighted by molar-refractivity contribution is 7.71. The van der Waals surface area contributed by atoms with Gasteiger partial charge in [-0.15, -0.1) is 0 Å². The minimum absolute atomic E-state index is 0.239. The second kappa shape index (κ2) is 2.32. The Morgan fingerprint density at radius 1 is 1.50 bits per heavy atom. The lowest BCUT2D eigenvalue weighted by Gasteiger charge is -2.15. The Labute approximate surface area is 72.5 Å². The van der Waals surface area contributed by atoms with Crippen molar-refractivity contribution in [1.82, 2.24) is 9.97 Å². The minimum atomic E-state index is -1.00. The number of amidine groups is 1. The van der Waals surface area contributed by atoms with E-state index >= 15 is 0 Å². The molecule has 0 amide bonds. The molecule has 1 aromatic rings. The van der Waals surface area contributed by atoms with Gasteiger partial charge in [0.25, 0.3) is 0 Å². The number of nitrogens with zero attached hydrogens (tertiary/aromatic N) is 1. The van der Waals surface area contributed by atoms with Gasteiger partial charge in [0, 0.05) is 0 Å². The number of aliphatic imine (C=N–C) groups is 1. The molecule has 2 rings (SSSR count). The zero-order chi connectivity index (χ0) is 8.72. The molecule has 0 fully saturated rings. The lowest BCUT2D eigenvalue weighted by Crippen LogP contribution is -2.29. The van der Waals surface area contributed by atoms with Gasteiger partial charge in [0.05, 0.1) is 0 Å². The molecule has 1 atom stereocenters. The molecule has 0 spiro atoms. The van der Waals surface area contributed by atoms with Crippen LogP contribution in [0.2, 0.25) is 0 Å². The number of fused-ring (bicyclic) bond motifs is 1. The summed E-state index contributed by atoms with van der Waals surface area (Å²) in [5.41, 5.74) is 6.09. The van der Waals surface area contributed by atoms with E-state index in [2.05, 4.69) is 20.3 Å². The van der Waals surface area contributed by atoms with Crippen LogP contribution >= 0.6 is 12.2 Å². The molecule has 12 heavy (non-hydrogen) atoms. The highest BCUT2D eigenvalue weighted by Gasteiger charge is 2.17. The number of H-pyrrole nitrogens is 2. The fourth-order valence-corrected chi connectivity index (χ4v) is 1.25.